The molecule has 2 amide bonds. The lowest BCUT2D eigenvalue weighted by Crippen LogP contribution is -2.29. The van der Waals surface area contributed by atoms with Gasteiger partial charge in [0.05, 0.1) is 11.8 Å². The van der Waals surface area contributed by atoms with Crippen molar-refractivity contribution in [2.24, 2.45) is 11.8 Å². The summed E-state index contributed by atoms with van der Waals surface area (Å²) in [6.45, 7) is 4.67. The van der Waals surface area contributed by atoms with Gasteiger partial charge in [-0.05, 0) is 35.4 Å². The van der Waals surface area contributed by atoms with Crippen molar-refractivity contribution in [2.75, 3.05) is 0 Å². The average molecular weight is 322 g/mol. The van der Waals surface area contributed by atoms with Gasteiger partial charge in [0.1, 0.15) is 0 Å². The molecule has 0 radical (unpaired) electrons. The second-order valence-electron chi connectivity index (χ2n) is 5.68. The quantitative estimate of drug-likeness (QED) is 0.783. The van der Waals surface area contributed by atoms with E-state index in [1.165, 1.54) is 0 Å². The maximum atomic E-state index is 12.2. The molecular formula is C18H18N4O2. The number of pyridine rings is 2. The van der Waals surface area contributed by atoms with Crippen LogP contribution in [0.25, 0.3) is 0 Å². The summed E-state index contributed by atoms with van der Waals surface area (Å²) < 4.78 is 0. The van der Waals surface area contributed by atoms with E-state index in [1.54, 1.807) is 24.8 Å². The van der Waals surface area contributed by atoms with Crippen LogP contribution in [0.2, 0.25) is 0 Å². The zero-order valence-electron chi connectivity index (χ0n) is 13.1. The van der Waals surface area contributed by atoms with Crippen LogP contribution in [-0.4, -0.2) is 21.8 Å². The number of carbonyl (C=O) groups excluding carboxylic acids is 2. The van der Waals surface area contributed by atoms with Crippen LogP contribution >= 0.6 is 0 Å². The second-order valence-corrected chi connectivity index (χ2v) is 5.68. The van der Waals surface area contributed by atoms with E-state index in [1.807, 2.05) is 24.3 Å². The van der Waals surface area contributed by atoms with Crippen molar-refractivity contribution < 1.29 is 9.59 Å². The molecule has 2 N–H and O–H groups in total. The van der Waals surface area contributed by atoms with Crippen molar-refractivity contribution >= 4 is 11.8 Å². The number of rotatable bonds is 6. The zero-order valence-corrected chi connectivity index (χ0v) is 13.1. The number of aromatic nitrogens is 2. The fraction of sp³-hybridized carbons (Fsp3) is 0.222. The predicted molar refractivity (Wildman–Crippen MR) is 88.3 cm³/mol. The van der Waals surface area contributed by atoms with Crippen LogP contribution in [0.1, 0.15) is 11.1 Å². The molecule has 2 heterocycles. The van der Waals surface area contributed by atoms with E-state index in [-0.39, 0.29) is 11.8 Å². The number of nitrogens with one attached hydrogen (secondary N) is 2. The molecule has 122 valence electrons. The molecular weight excluding hydrogens is 304 g/mol. The SMILES string of the molecule is C=C1C(C(=O)NCc2ccncc2)[C@@H]1C(=O)NCc1ccncc1. The van der Waals surface area contributed by atoms with Crippen LogP contribution < -0.4 is 10.6 Å². The van der Waals surface area contributed by atoms with E-state index in [0.717, 1.165) is 11.1 Å². The summed E-state index contributed by atoms with van der Waals surface area (Å²) in [5, 5.41) is 5.67. The molecule has 3 rings (SSSR count). The Labute approximate surface area is 140 Å². The molecule has 1 unspecified atom stereocenters. The van der Waals surface area contributed by atoms with E-state index >= 15 is 0 Å². The summed E-state index contributed by atoms with van der Waals surface area (Å²) in [6.07, 6.45) is 6.69. The van der Waals surface area contributed by atoms with Gasteiger partial charge < -0.3 is 10.6 Å². The van der Waals surface area contributed by atoms with Crippen LogP contribution in [0.15, 0.2) is 61.2 Å². The van der Waals surface area contributed by atoms with Gasteiger partial charge in [0.15, 0.2) is 0 Å². The number of hydrogen-bond acceptors (Lipinski definition) is 4. The second kappa shape index (κ2) is 7.04. The molecule has 6 heteroatoms. The fourth-order valence-corrected chi connectivity index (χ4v) is 2.55. The molecule has 2 atom stereocenters. The highest BCUT2D eigenvalue weighted by molar-refractivity contribution is 5.99. The first-order valence-electron chi connectivity index (χ1n) is 7.68. The zero-order chi connectivity index (χ0) is 16.9. The van der Waals surface area contributed by atoms with Gasteiger partial charge in [0.25, 0.3) is 0 Å². The lowest BCUT2D eigenvalue weighted by atomic mass is 10.2. The number of nitrogens with zero attached hydrogens (tertiary/aromatic N) is 2. The van der Waals surface area contributed by atoms with Crippen molar-refractivity contribution in [1.82, 2.24) is 20.6 Å². The Morgan fingerprint density at radius 2 is 1.21 bits per heavy atom. The lowest BCUT2D eigenvalue weighted by Gasteiger charge is -2.06. The molecule has 24 heavy (non-hydrogen) atoms. The molecule has 2 aromatic rings. The third-order valence-electron chi connectivity index (χ3n) is 4.02. The number of amides is 2. The third-order valence-corrected chi connectivity index (χ3v) is 4.02. The minimum Gasteiger partial charge on any atom is -0.351 e. The Hall–Kier alpha value is -3.02. The molecule has 1 aliphatic carbocycles. The summed E-state index contributed by atoms with van der Waals surface area (Å²) in [7, 11) is 0. The molecule has 2 aromatic heterocycles. The van der Waals surface area contributed by atoms with Gasteiger partial charge >= 0.3 is 0 Å². The Kier molecular flexibility index (Phi) is 4.65. The molecule has 0 aliphatic heterocycles. The first kappa shape index (κ1) is 15.9. The predicted octanol–water partition coefficient (Wildman–Crippen LogP) is 1.21. The van der Waals surface area contributed by atoms with Crippen LogP contribution in [0.5, 0.6) is 0 Å². The minimum atomic E-state index is -0.440. The van der Waals surface area contributed by atoms with E-state index in [9.17, 15) is 9.59 Å². The van der Waals surface area contributed by atoms with Gasteiger partial charge in [0.2, 0.25) is 11.8 Å². The average Bonchev–Trinajstić information content (AvgIpc) is 3.30. The molecule has 6 nitrogen and oxygen atoms in total. The molecule has 0 spiro atoms. The van der Waals surface area contributed by atoms with Crippen LogP contribution in [0, 0.1) is 11.8 Å². The van der Waals surface area contributed by atoms with Crippen molar-refractivity contribution in [1.29, 1.82) is 0 Å². The van der Waals surface area contributed by atoms with Crippen molar-refractivity contribution in [3.63, 3.8) is 0 Å². The van der Waals surface area contributed by atoms with Gasteiger partial charge in [-0.2, -0.15) is 0 Å². The Balaban J connectivity index is 1.48. The topological polar surface area (TPSA) is 84.0 Å². The first-order valence-corrected chi connectivity index (χ1v) is 7.68. The molecule has 1 aliphatic rings. The number of hydrogen-bond donors (Lipinski definition) is 2. The Bertz CT molecular complexity index is 683. The van der Waals surface area contributed by atoms with Crippen molar-refractivity contribution in [3.05, 3.63) is 72.3 Å². The van der Waals surface area contributed by atoms with E-state index in [0.29, 0.717) is 18.7 Å². The Morgan fingerprint density at radius 3 is 1.58 bits per heavy atom. The van der Waals surface area contributed by atoms with Gasteiger partial charge in [-0.25, -0.2) is 0 Å². The van der Waals surface area contributed by atoms with Crippen molar-refractivity contribution in [2.45, 2.75) is 13.1 Å². The highest BCUT2D eigenvalue weighted by atomic mass is 16.2. The van der Waals surface area contributed by atoms with E-state index in [4.69, 9.17) is 0 Å². The Morgan fingerprint density at radius 1 is 0.833 bits per heavy atom. The maximum Gasteiger partial charge on any atom is 0.228 e. The smallest absolute Gasteiger partial charge is 0.228 e. The van der Waals surface area contributed by atoms with Gasteiger partial charge in [-0.1, -0.05) is 12.2 Å². The lowest BCUT2D eigenvalue weighted by molar-refractivity contribution is -0.127. The monoisotopic (exact) mass is 322 g/mol. The highest BCUT2D eigenvalue weighted by Crippen LogP contribution is 2.44. The summed E-state index contributed by atoms with van der Waals surface area (Å²) in [5.41, 5.74) is 2.58. The summed E-state index contributed by atoms with van der Waals surface area (Å²) in [5.74, 6) is -1.21. The summed E-state index contributed by atoms with van der Waals surface area (Å²) >= 11 is 0. The normalized spacial score (nSPS) is 18.8. The fourth-order valence-electron chi connectivity index (χ4n) is 2.55. The van der Waals surface area contributed by atoms with Crippen LogP contribution in [0.4, 0.5) is 0 Å². The number of carbonyl (C=O) groups is 2. The van der Waals surface area contributed by atoms with Gasteiger partial charge in [-0.3, -0.25) is 19.6 Å². The summed E-state index contributed by atoms with van der Waals surface area (Å²) in [6, 6.07) is 7.34. The summed E-state index contributed by atoms with van der Waals surface area (Å²) in [4.78, 5) is 32.3. The van der Waals surface area contributed by atoms with Gasteiger partial charge in [0, 0.05) is 37.9 Å². The molecule has 1 saturated carbocycles. The van der Waals surface area contributed by atoms with E-state index in [2.05, 4.69) is 27.2 Å². The van der Waals surface area contributed by atoms with Crippen LogP contribution in [-0.2, 0) is 22.7 Å². The third kappa shape index (κ3) is 3.65. The molecule has 0 saturated heterocycles. The standard InChI is InChI=1S/C18H18N4O2/c1-12-15(17(23)21-10-13-2-6-19-7-3-13)16(12)18(24)22-11-14-4-8-20-9-5-14/h2-9,15-16H,1,10-11H2,(H,21,23)(H,22,24)/t15-,16?/m1/s1. The minimum absolute atomic E-state index is 0.166. The van der Waals surface area contributed by atoms with Gasteiger partial charge in [-0.15, -0.1) is 0 Å². The molecule has 1 fully saturated rings. The maximum absolute atomic E-state index is 12.2. The van der Waals surface area contributed by atoms with E-state index < -0.39 is 11.8 Å². The molecule has 0 aromatic carbocycles. The van der Waals surface area contributed by atoms with Crippen molar-refractivity contribution in [3.8, 4) is 0 Å². The highest BCUT2D eigenvalue weighted by Gasteiger charge is 2.52. The largest absolute Gasteiger partial charge is 0.351 e. The molecule has 0 bridgehead atoms. The first-order chi connectivity index (χ1) is 11.7. The van der Waals surface area contributed by atoms with Crippen LogP contribution in [0.3, 0.4) is 0 Å².